The number of hydrogen-bond donors (Lipinski definition) is 2. The number of aliphatic hydroxyl groups excluding tert-OH is 1. The van der Waals surface area contributed by atoms with Gasteiger partial charge in [0.05, 0.1) is 0 Å². The predicted molar refractivity (Wildman–Crippen MR) is 46.8 cm³/mol. The number of ketones is 1. The molecule has 0 amide bonds. The minimum atomic E-state index is -0.127. The summed E-state index contributed by atoms with van der Waals surface area (Å²) in [4.78, 5) is 10.6. The molecular formula is C9H15NO2. The highest BCUT2D eigenvalue weighted by Crippen LogP contribution is 2.18. The largest absolute Gasteiger partial charge is 0.495 e. The molecule has 0 atom stereocenters. The summed E-state index contributed by atoms with van der Waals surface area (Å²) in [6.45, 7) is 1.42. The second-order valence-corrected chi connectivity index (χ2v) is 3.27. The summed E-state index contributed by atoms with van der Waals surface area (Å²) in [5.74, 6) is -0.118. The number of carbonyl (C=O) groups is 1. The van der Waals surface area contributed by atoms with E-state index in [1.165, 1.54) is 25.8 Å². The number of rotatable bonds is 3. The van der Waals surface area contributed by atoms with Gasteiger partial charge in [-0.1, -0.05) is 12.8 Å². The first-order valence-electron chi connectivity index (χ1n) is 4.36. The Bertz CT molecular complexity index is 193. The Morgan fingerprint density at radius 2 is 2.08 bits per heavy atom. The van der Waals surface area contributed by atoms with Crippen molar-refractivity contribution in [3.63, 3.8) is 0 Å². The second-order valence-electron chi connectivity index (χ2n) is 3.27. The first kappa shape index (κ1) is 9.10. The molecule has 68 valence electrons. The molecule has 1 saturated carbocycles. The van der Waals surface area contributed by atoms with E-state index in [0.29, 0.717) is 6.04 Å². The maximum absolute atomic E-state index is 10.6. The third kappa shape index (κ3) is 2.95. The van der Waals surface area contributed by atoms with Gasteiger partial charge in [0.15, 0.2) is 11.7 Å². The van der Waals surface area contributed by atoms with Crippen molar-refractivity contribution in [2.75, 3.05) is 0 Å². The van der Waals surface area contributed by atoms with Crippen LogP contribution in [-0.4, -0.2) is 16.9 Å². The number of hydrogen-bond acceptors (Lipinski definition) is 3. The van der Waals surface area contributed by atoms with Gasteiger partial charge in [-0.25, -0.2) is 0 Å². The second kappa shape index (κ2) is 4.14. The van der Waals surface area contributed by atoms with Crippen molar-refractivity contribution in [3.8, 4) is 0 Å². The predicted octanol–water partition coefficient (Wildman–Crippen LogP) is 1.51. The first-order chi connectivity index (χ1) is 5.68. The fraction of sp³-hybridized carbons (Fsp3) is 0.667. The van der Waals surface area contributed by atoms with Gasteiger partial charge in [0.25, 0.3) is 0 Å². The van der Waals surface area contributed by atoms with E-state index < -0.39 is 0 Å². The number of allylic oxidation sites excluding steroid dienone is 1. The minimum absolute atomic E-state index is 0.00870. The Kier molecular flexibility index (Phi) is 3.14. The Morgan fingerprint density at radius 3 is 2.58 bits per heavy atom. The monoisotopic (exact) mass is 169 g/mol. The lowest BCUT2D eigenvalue weighted by atomic mass is 10.2. The molecule has 1 fully saturated rings. The van der Waals surface area contributed by atoms with Crippen molar-refractivity contribution in [2.24, 2.45) is 0 Å². The zero-order valence-electron chi connectivity index (χ0n) is 7.34. The van der Waals surface area contributed by atoms with Crippen LogP contribution in [0.15, 0.2) is 12.0 Å². The molecule has 0 aromatic heterocycles. The average molecular weight is 169 g/mol. The van der Waals surface area contributed by atoms with Gasteiger partial charge in [-0.05, 0) is 19.8 Å². The maximum atomic E-state index is 10.6. The lowest BCUT2D eigenvalue weighted by Gasteiger charge is -2.11. The normalized spacial score (nSPS) is 19.6. The lowest BCUT2D eigenvalue weighted by Crippen LogP contribution is -2.25. The van der Waals surface area contributed by atoms with Gasteiger partial charge in [-0.15, -0.1) is 0 Å². The SMILES string of the molecule is CC(=O)/C=C(\O)NC1CCCC1. The van der Waals surface area contributed by atoms with Crippen LogP contribution in [0.4, 0.5) is 0 Å². The molecule has 0 bridgehead atoms. The Labute approximate surface area is 72.5 Å². The summed E-state index contributed by atoms with van der Waals surface area (Å²) < 4.78 is 0. The van der Waals surface area contributed by atoms with Crippen molar-refractivity contribution in [1.82, 2.24) is 5.32 Å². The molecule has 0 unspecified atom stereocenters. The summed E-state index contributed by atoms with van der Waals surface area (Å²) in [6, 6.07) is 0.362. The van der Waals surface area contributed by atoms with Crippen LogP contribution >= 0.6 is 0 Å². The highest BCUT2D eigenvalue weighted by Gasteiger charge is 2.14. The van der Waals surface area contributed by atoms with Gasteiger partial charge in [-0.2, -0.15) is 0 Å². The quantitative estimate of drug-likeness (QED) is 0.497. The van der Waals surface area contributed by atoms with Gasteiger partial charge in [0, 0.05) is 12.1 Å². The molecule has 3 nitrogen and oxygen atoms in total. The van der Waals surface area contributed by atoms with Crippen LogP contribution in [0.2, 0.25) is 0 Å². The standard InChI is InChI=1S/C9H15NO2/c1-7(11)6-9(12)10-8-4-2-3-5-8/h6,8,10,12H,2-5H2,1H3/b9-6-. The molecule has 0 aliphatic heterocycles. The molecule has 3 heteroatoms. The van der Waals surface area contributed by atoms with Gasteiger partial charge >= 0.3 is 0 Å². The van der Waals surface area contributed by atoms with Crippen molar-refractivity contribution >= 4 is 5.78 Å². The molecule has 0 aromatic rings. The Balaban J connectivity index is 2.34. The molecule has 1 aliphatic rings. The van der Waals surface area contributed by atoms with Gasteiger partial charge in [0.1, 0.15) is 0 Å². The van der Waals surface area contributed by atoms with E-state index in [4.69, 9.17) is 0 Å². The smallest absolute Gasteiger partial charge is 0.187 e. The fourth-order valence-corrected chi connectivity index (χ4v) is 1.51. The molecular weight excluding hydrogens is 154 g/mol. The number of aliphatic hydroxyl groups is 1. The molecule has 1 rings (SSSR count). The summed E-state index contributed by atoms with van der Waals surface area (Å²) >= 11 is 0. The van der Waals surface area contributed by atoms with Crippen LogP contribution in [0.25, 0.3) is 0 Å². The van der Waals surface area contributed by atoms with Crippen molar-refractivity contribution in [1.29, 1.82) is 0 Å². The van der Waals surface area contributed by atoms with E-state index in [1.54, 1.807) is 0 Å². The average Bonchev–Trinajstić information content (AvgIpc) is 2.37. The van der Waals surface area contributed by atoms with Gasteiger partial charge in [0.2, 0.25) is 0 Å². The van der Waals surface area contributed by atoms with Crippen LogP contribution in [0.5, 0.6) is 0 Å². The summed E-state index contributed by atoms with van der Waals surface area (Å²) in [5, 5.41) is 12.1. The number of nitrogens with one attached hydrogen (secondary N) is 1. The highest BCUT2D eigenvalue weighted by molar-refractivity contribution is 5.87. The molecule has 0 spiro atoms. The molecule has 0 aromatic carbocycles. The van der Waals surface area contributed by atoms with Crippen LogP contribution in [0.1, 0.15) is 32.6 Å². The zero-order chi connectivity index (χ0) is 8.97. The summed E-state index contributed by atoms with van der Waals surface area (Å²) in [5.41, 5.74) is 0. The van der Waals surface area contributed by atoms with E-state index in [0.717, 1.165) is 12.8 Å². The van der Waals surface area contributed by atoms with Crippen LogP contribution in [-0.2, 0) is 4.79 Å². The number of carbonyl (C=O) groups excluding carboxylic acids is 1. The molecule has 12 heavy (non-hydrogen) atoms. The third-order valence-corrected chi connectivity index (χ3v) is 2.05. The lowest BCUT2D eigenvalue weighted by molar-refractivity contribution is -0.112. The highest BCUT2D eigenvalue weighted by atomic mass is 16.3. The molecule has 1 aliphatic carbocycles. The fourth-order valence-electron chi connectivity index (χ4n) is 1.51. The van der Waals surface area contributed by atoms with Gasteiger partial charge < -0.3 is 10.4 Å². The minimum Gasteiger partial charge on any atom is -0.495 e. The third-order valence-electron chi connectivity index (χ3n) is 2.05. The van der Waals surface area contributed by atoms with E-state index >= 15 is 0 Å². The van der Waals surface area contributed by atoms with Crippen molar-refractivity contribution in [3.05, 3.63) is 12.0 Å². The van der Waals surface area contributed by atoms with E-state index in [2.05, 4.69) is 5.32 Å². The first-order valence-corrected chi connectivity index (χ1v) is 4.36. The van der Waals surface area contributed by atoms with Crippen molar-refractivity contribution in [2.45, 2.75) is 38.6 Å². The molecule has 2 N–H and O–H groups in total. The van der Waals surface area contributed by atoms with Crippen LogP contribution in [0.3, 0.4) is 0 Å². The van der Waals surface area contributed by atoms with E-state index in [-0.39, 0.29) is 11.7 Å². The maximum Gasteiger partial charge on any atom is 0.187 e. The summed E-state index contributed by atoms with van der Waals surface area (Å²) in [7, 11) is 0. The van der Waals surface area contributed by atoms with Crippen LogP contribution in [0, 0.1) is 0 Å². The van der Waals surface area contributed by atoms with E-state index in [9.17, 15) is 9.90 Å². The summed E-state index contributed by atoms with van der Waals surface area (Å²) in [6.07, 6.45) is 5.83. The zero-order valence-corrected chi connectivity index (χ0v) is 7.34. The van der Waals surface area contributed by atoms with Crippen LogP contribution < -0.4 is 5.32 Å². The van der Waals surface area contributed by atoms with Crippen molar-refractivity contribution < 1.29 is 9.90 Å². The Hall–Kier alpha value is -0.990. The van der Waals surface area contributed by atoms with E-state index in [1.807, 2.05) is 0 Å². The Morgan fingerprint density at radius 1 is 1.50 bits per heavy atom. The molecule has 0 heterocycles. The molecule has 0 radical (unpaired) electrons. The molecule has 0 saturated heterocycles. The topological polar surface area (TPSA) is 49.3 Å². The van der Waals surface area contributed by atoms with Gasteiger partial charge in [-0.3, -0.25) is 4.79 Å².